The lowest BCUT2D eigenvalue weighted by atomic mass is 9.40. The highest BCUT2D eigenvalue weighted by molar-refractivity contribution is 5.30. The molecule has 0 aromatic heterocycles. The Morgan fingerprint density at radius 1 is 1.42 bits per heavy atom. The summed E-state index contributed by atoms with van der Waals surface area (Å²) in [5.74, 6) is 0.492. The summed E-state index contributed by atoms with van der Waals surface area (Å²) < 4.78 is 0. The number of allylic oxidation sites excluding steroid dienone is 1. The summed E-state index contributed by atoms with van der Waals surface area (Å²) in [6.07, 6.45) is 3.02. The van der Waals surface area contributed by atoms with Crippen LogP contribution in [0, 0.1) is 16.7 Å². The monoisotopic (exact) mass is 166 g/mol. The van der Waals surface area contributed by atoms with Crippen molar-refractivity contribution in [1.29, 1.82) is 0 Å². The predicted octanol–water partition coefficient (Wildman–Crippen LogP) is 2.36. The summed E-state index contributed by atoms with van der Waals surface area (Å²) in [6.45, 7) is 9.03. The van der Waals surface area contributed by atoms with Gasteiger partial charge < -0.3 is 5.11 Å². The second-order valence-electron chi connectivity index (χ2n) is 5.20. The second kappa shape index (κ2) is 1.95. The Bertz CT molecular complexity index is 252. The minimum atomic E-state index is -0.193. The molecule has 1 heteroatoms. The van der Waals surface area contributed by atoms with E-state index in [-0.39, 0.29) is 6.10 Å². The van der Waals surface area contributed by atoms with Gasteiger partial charge in [0, 0.05) is 0 Å². The van der Waals surface area contributed by atoms with E-state index >= 15 is 0 Å². The van der Waals surface area contributed by atoms with Crippen molar-refractivity contribution >= 4 is 0 Å². The second-order valence-corrected chi connectivity index (χ2v) is 5.20. The molecule has 3 rings (SSSR count). The van der Waals surface area contributed by atoms with Gasteiger partial charge in [0.25, 0.3) is 0 Å². The molecule has 0 aromatic carbocycles. The van der Waals surface area contributed by atoms with Gasteiger partial charge in [0.1, 0.15) is 0 Å². The SMILES string of the molecule is CC1=CC(O)C2CC1(C)C2(C)C. The van der Waals surface area contributed by atoms with Crippen molar-refractivity contribution in [3.8, 4) is 0 Å². The number of fused-ring (bicyclic) bond motifs is 1. The van der Waals surface area contributed by atoms with E-state index < -0.39 is 0 Å². The van der Waals surface area contributed by atoms with Crippen molar-refractivity contribution < 1.29 is 5.11 Å². The Morgan fingerprint density at radius 2 is 2.00 bits per heavy atom. The van der Waals surface area contributed by atoms with Crippen LogP contribution in [-0.2, 0) is 0 Å². The molecule has 0 heterocycles. The fourth-order valence-corrected chi connectivity index (χ4v) is 3.01. The van der Waals surface area contributed by atoms with Crippen LogP contribution < -0.4 is 0 Å². The van der Waals surface area contributed by atoms with Crippen molar-refractivity contribution in [3.05, 3.63) is 11.6 Å². The van der Waals surface area contributed by atoms with Crippen LogP contribution in [0.4, 0.5) is 0 Å². The summed E-state index contributed by atoms with van der Waals surface area (Å²) >= 11 is 0. The molecule has 0 spiro atoms. The third-order valence-electron chi connectivity index (χ3n) is 4.68. The molecule has 0 radical (unpaired) electrons. The number of rotatable bonds is 0. The molecule has 2 bridgehead atoms. The van der Waals surface area contributed by atoms with Gasteiger partial charge in [0.05, 0.1) is 6.10 Å². The fraction of sp³-hybridized carbons (Fsp3) is 0.818. The minimum Gasteiger partial charge on any atom is -0.389 e. The van der Waals surface area contributed by atoms with Crippen molar-refractivity contribution in [2.24, 2.45) is 16.7 Å². The molecular formula is C11H18O. The van der Waals surface area contributed by atoms with Gasteiger partial charge in [-0.15, -0.1) is 0 Å². The Hall–Kier alpha value is -0.300. The zero-order valence-corrected chi connectivity index (χ0v) is 8.39. The highest BCUT2D eigenvalue weighted by atomic mass is 16.3. The average Bonchev–Trinajstić information content (AvgIpc) is 1.96. The summed E-state index contributed by atoms with van der Waals surface area (Å²) in [5, 5.41) is 9.76. The smallest absolute Gasteiger partial charge is 0.0757 e. The first-order valence-electron chi connectivity index (χ1n) is 4.76. The van der Waals surface area contributed by atoms with E-state index in [2.05, 4.69) is 27.7 Å². The lowest BCUT2D eigenvalue weighted by Gasteiger charge is -2.65. The van der Waals surface area contributed by atoms with Crippen molar-refractivity contribution in [3.63, 3.8) is 0 Å². The van der Waals surface area contributed by atoms with Crippen LogP contribution >= 0.6 is 0 Å². The van der Waals surface area contributed by atoms with E-state index in [9.17, 15) is 5.11 Å². The number of hydrogen-bond acceptors (Lipinski definition) is 1. The van der Waals surface area contributed by atoms with Crippen LogP contribution in [0.25, 0.3) is 0 Å². The normalized spacial score (nSPS) is 49.6. The summed E-state index contributed by atoms with van der Waals surface area (Å²) in [5.41, 5.74) is 2.03. The van der Waals surface area contributed by atoms with Gasteiger partial charge in [0.2, 0.25) is 0 Å². The first-order chi connectivity index (χ1) is 5.39. The van der Waals surface area contributed by atoms with E-state index in [0.717, 1.165) is 0 Å². The van der Waals surface area contributed by atoms with Gasteiger partial charge in [-0.1, -0.05) is 32.4 Å². The maximum atomic E-state index is 9.76. The van der Waals surface area contributed by atoms with Crippen molar-refractivity contribution in [2.75, 3.05) is 0 Å². The first kappa shape index (κ1) is 8.31. The predicted molar refractivity (Wildman–Crippen MR) is 49.8 cm³/mol. The molecule has 0 aliphatic heterocycles. The lowest BCUT2D eigenvalue weighted by Crippen LogP contribution is -2.60. The molecule has 0 saturated heterocycles. The van der Waals surface area contributed by atoms with Crippen molar-refractivity contribution in [1.82, 2.24) is 0 Å². The fourth-order valence-electron chi connectivity index (χ4n) is 3.01. The first-order valence-corrected chi connectivity index (χ1v) is 4.76. The quantitative estimate of drug-likeness (QED) is 0.548. The van der Waals surface area contributed by atoms with Gasteiger partial charge in [0.15, 0.2) is 0 Å². The van der Waals surface area contributed by atoms with E-state index in [1.165, 1.54) is 12.0 Å². The molecule has 3 aliphatic carbocycles. The molecule has 68 valence electrons. The Morgan fingerprint density at radius 3 is 2.42 bits per heavy atom. The number of aliphatic hydroxyl groups excluding tert-OH is 1. The Labute approximate surface area is 74.5 Å². The molecule has 12 heavy (non-hydrogen) atoms. The van der Waals surface area contributed by atoms with Crippen LogP contribution in [0.2, 0.25) is 0 Å². The third-order valence-corrected chi connectivity index (χ3v) is 4.68. The van der Waals surface area contributed by atoms with Crippen molar-refractivity contribution in [2.45, 2.75) is 40.2 Å². The molecule has 1 fully saturated rings. The molecule has 3 aliphatic rings. The largest absolute Gasteiger partial charge is 0.389 e. The maximum absolute atomic E-state index is 9.76. The third kappa shape index (κ3) is 0.646. The summed E-state index contributed by atoms with van der Waals surface area (Å²) in [7, 11) is 0. The maximum Gasteiger partial charge on any atom is 0.0757 e. The van der Waals surface area contributed by atoms with Crippen LogP contribution in [-0.4, -0.2) is 11.2 Å². The van der Waals surface area contributed by atoms with Gasteiger partial charge in [-0.25, -0.2) is 0 Å². The molecule has 3 atom stereocenters. The molecule has 0 amide bonds. The van der Waals surface area contributed by atoms with Crippen LogP contribution in [0.3, 0.4) is 0 Å². The molecular weight excluding hydrogens is 148 g/mol. The zero-order chi connectivity index (χ0) is 9.15. The molecule has 1 saturated carbocycles. The lowest BCUT2D eigenvalue weighted by molar-refractivity contribution is -0.138. The number of hydrogen-bond donors (Lipinski definition) is 1. The van der Waals surface area contributed by atoms with E-state index in [1.807, 2.05) is 6.08 Å². The Balaban J connectivity index is 2.45. The van der Waals surface area contributed by atoms with Crippen LogP contribution in [0.5, 0.6) is 0 Å². The molecule has 1 N–H and O–H groups in total. The number of aliphatic hydroxyl groups is 1. The zero-order valence-electron chi connectivity index (χ0n) is 8.39. The molecule has 1 nitrogen and oxygen atoms in total. The van der Waals surface area contributed by atoms with E-state index in [4.69, 9.17) is 0 Å². The van der Waals surface area contributed by atoms with E-state index in [1.54, 1.807) is 0 Å². The molecule has 3 unspecified atom stereocenters. The topological polar surface area (TPSA) is 20.2 Å². The average molecular weight is 166 g/mol. The summed E-state index contributed by atoms with van der Waals surface area (Å²) in [4.78, 5) is 0. The van der Waals surface area contributed by atoms with Gasteiger partial charge in [-0.2, -0.15) is 0 Å². The van der Waals surface area contributed by atoms with Gasteiger partial charge in [-0.3, -0.25) is 0 Å². The highest BCUT2D eigenvalue weighted by Crippen LogP contribution is 2.67. The minimum absolute atomic E-state index is 0.193. The standard InChI is InChI=1S/C11H18O/c1-7-5-9(12)8-6-11(7,4)10(8,2)3/h5,8-9,12H,6H2,1-4H3. The highest BCUT2D eigenvalue weighted by Gasteiger charge is 2.61. The molecule has 0 aromatic rings. The van der Waals surface area contributed by atoms with Crippen LogP contribution in [0.15, 0.2) is 11.6 Å². The van der Waals surface area contributed by atoms with Gasteiger partial charge in [-0.05, 0) is 30.1 Å². The van der Waals surface area contributed by atoms with E-state index in [0.29, 0.717) is 16.7 Å². The van der Waals surface area contributed by atoms with Crippen LogP contribution in [0.1, 0.15) is 34.1 Å². The Kier molecular flexibility index (Phi) is 1.35. The summed E-state index contributed by atoms with van der Waals surface area (Å²) in [6, 6.07) is 0. The van der Waals surface area contributed by atoms with Gasteiger partial charge >= 0.3 is 0 Å².